The third-order valence-electron chi connectivity index (χ3n) is 2.44. The van der Waals surface area contributed by atoms with Gasteiger partial charge in [-0.15, -0.1) is 0 Å². The summed E-state index contributed by atoms with van der Waals surface area (Å²) < 4.78 is 13.7. The summed E-state index contributed by atoms with van der Waals surface area (Å²) in [5.74, 6) is -0.227. The molecule has 0 aliphatic rings. The lowest BCUT2D eigenvalue weighted by molar-refractivity contribution is 0.199. The Morgan fingerprint density at radius 1 is 1.31 bits per heavy atom. The summed E-state index contributed by atoms with van der Waals surface area (Å²) in [6.45, 7) is 5.91. The Balaban J connectivity index is 3.17. The molecule has 0 amide bonds. The minimum atomic E-state index is -0.227. The first-order chi connectivity index (χ1) is 7.46. The number of hydrogen-bond donors (Lipinski definition) is 0. The summed E-state index contributed by atoms with van der Waals surface area (Å²) in [6, 6.07) is 6.70. The van der Waals surface area contributed by atoms with E-state index >= 15 is 0 Å². The van der Waals surface area contributed by atoms with Crippen LogP contribution in [0.2, 0.25) is 0 Å². The molecule has 0 saturated heterocycles. The second kappa shape index (κ2) is 5.26. The minimum absolute atomic E-state index is 0.155. The predicted molar refractivity (Wildman–Crippen MR) is 64.0 cm³/mol. The Kier molecular flexibility index (Phi) is 4.25. The lowest BCUT2D eigenvalue weighted by Crippen LogP contribution is -2.10. The highest BCUT2D eigenvalue weighted by molar-refractivity contribution is 5.69. The lowest BCUT2D eigenvalue weighted by Gasteiger charge is -2.24. The predicted octanol–water partition coefficient (Wildman–Crippen LogP) is 4.08. The van der Waals surface area contributed by atoms with Crippen molar-refractivity contribution < 1.29 is 9.50 Å². The number of allylic oxidation sites excluding steroid dienone is 1. The lowest BCUT2D eigenvalue weighted by atomic mass is 9.81. The van der Waals surface area contributed by atoms with Crippen LogP contribution in [0.5, 0.6) is 0 Å². The topological polar surface area (TPSA) is 19.9 Å². The molecule has 0 saturated carbocycles. The van der Waals surface area contributed by atoms with Crippen molar-refractivity contribution in [2.45, 2.75) is 27.2 Å². The molecule has 0 unspecified atom stereocenters. The van der Waals surface area contributed by atoms with Gasteiger partial charge in [-0.25, -0.2) is 9.50 Å². The van der Waals surface area contributed by atoms with Crippen LogP contribution in [-0.2, 0) is 5.11 Å². The van der Waals surface area contributed by atoms with Crippen molar-refractivity contribution in [3.05, 3.63) is 41.7 Å². The van der Waals surface area contributed by atoms with Crippen LogP contribution in [0.15, 0.2) is 30.3 Å². The van der Waals surface area contributed by atoms with E-state index in [0.717, 1.165) is 5.57 Å². The molecule has 1 radical (unpaired) electrons. The normalized spacial score (nSPS) is 12.9. The van der Waals surface area contributed by atoms with Crippen LogP contribution >= 0.6 is 0 Å². The molecule has 0 heterocycles. The quantitative estimate of drug-likeness (QED) is 0.733. The maximum atomic E-state index is 13.7. The molecule has 0 spiro atoms. The van der Waals surface area contributed by atoms with E-state index in [0.29, 0.717) is 12.0 Å². The molecule has 0 aliphatic heterocycles. The van der Waals surface area contributed by atoms with Crippen molar-refractivity contribution in [3.63, 3.8) is 0 Å². The summed E-state index contributed by atoms with van der Waals surface area (Å²) in [4.78, 5) is 0. The van der Waals surface area contributed by atoms with Crippen LogP contribution in [0.3, 0.4) is 0 Å². The van der Waals surface area contributed by atoms with Crippen LogP contribution in [0.25, 0.3) is 5.57 Å². The Bertz CT molecular complexity index is 375. The molecule has 1 rings (SSSR count). The number of benzene rings is 1. The first-order valence-corrected chi connectivity index (χ1v) is 5.50. The third kappa shape index (κ3) is 3.17. The molecule has 0 bridgehead atoms. The molecule has 1 aromatic rings. The maximum absolute atomic E-state index is 13.7. The highest BCUT2D eigenvalue weighted by atomic mass is 19.1. The van der Waals surface area contributed by atoms with Gasteiger partial charge in [-0.05, 0) is 23.5 Å². The maximum Gasteiger partial charge on any atom is 0.130 e. The van der Waals surface area contributed by atoms with Gasteiger partial charge < -0.3 is 0 Å². The monoisotopic (exact) mass is 221 g/mol. The Morgan fingerprint density at radius 3 is 2.44 bits per heavy atom. The molecule has 2 heteroatoms. The van der Waals surface area contributed by atoms with Crippen molar-refractivity contribution in [1.29, 1.82) is 0 Å². The largest absolute Gasteiger partial charge is 0.236 e. The van der Waals surface area contributed by atoms with Gasteiger partial charge in [0.15, 0.2) is 0 Å². The molecule has 1 nitrogen and oxygen atoms in total. The van der Waals surface area contributed by atoms with Gasteiger partial charge in [-0.1, -0.05) is 45.0 Å². The fraction of sp³-hybridized carbons (Fsp3) is 0.429. The van der Waals surface area contributed by atoms with E-state index in [1.807, 2.05) is 32.9 Å². The van der Waals surface area contributed by atoms with Gasteiger partial charge in [0.2, 0.25) is 0 Å². The zero-order valence-corrected chi connectivity index (χ0v) is 10.1. The molecular weight excluding hydrogens is 203 g/mol. The van der Waals surface area contributed by atoms with Gasteiger partial charge >= 0.3 is 0 Å². The molecule has 0 N–H and O–H groups in total. The van der Waals surface area contributed by atoms with E-state index in [-0.39, 0.29) is 17.8 Å². The number of hydrogen-bond acceptors (Lipinski definition) is 0. The van der Waals surface area contributed by atoms with Gasteiger partial charge in [-0.3, -0.25) is 0 Å². The number of rotatable bonds is 3. The third-order valence-corrected chi connectivity index (χ3v) is 2.44. The van der Waals surface area contributed by atoms with Crippen molar-refractivity contribution in [2.24, 2.45) is 5.41 Å². The molecule has 0 atom stereocenters. The molecule has 1 aromatic carbocycles. The summed E-state index contributed by atoms with van der Waals surface area (Å²) in [5, 5.41) is 10.5. The average molecular weight is 221 g/mol. The van der Waals surface area contributed by atoms with E-state index in [1.54, 1.807) is 12.1 Å². The van der Waals surface area contributed by atoms with Crippen molar-refractivity contribution in [3.8, 4) is 0 Å². The van der Waals surface area contributed by atoms with Crippen molar-refractivity contribution >= 4 is 5.57 Å². The van der Waals surface area contributed by atoms with Gasteiger partial charge in [0.25, 0.3) is 0 Å². The zero-order valence-electron chi connectivity index (χ0n) is 10.1. The van der Waals surface area contributed by atoms with E-state index in [4.69, 9.17) is 0 Å². The minimum Gasteiger partial charge on any atom is -0.236 e. The van der Waals surface area contributed by atoms with E-state index < -0.39 is 0 Å². The van der Waals surface area contributed by atoms with Crippen LogP contribution in [0.1, 0.15) is 32.8 Å². The first kappa shape index (κ1) is 12.9. The van der Waals surface area contributed by atoms with E-state index in [9.17, 15) is 9.50 Å². The highest BCUT2D eigenvalue weighted by Crippen LogP contribution is 2.35. The molecule has 16 heavy (non-hydrogen) atoms. The van der Waals surface area contributed by atoms with E-state index in [2.05, 4.69) is 0 Å². The Labute approximate surface area is 96.6 Å². The van der Waals surface area contributed by atoms with Gasteiger partial charge in [0.1, 0.15) is 5.82 Å². The van der Waals surface area contributed by atoms with Crippen molar-refractivity contribution in [1.82, 2.24) is 0 Å². The van der Waals surface area contributed by atoms with Gasteiger partial charge in [-0.2, -0.15) is 0 Å². The summed E-state index contributed by atoms with van der Waals surface area (Å²) in [6.07, 6.45) is 2.30. The summed E-state index contributed by atoms with van der Waals surface area (Å²) in [7, 11) is 0. The SMILES string of the molecule is CC(C)(C)C(=CCC[O])c1ccccc1F. The smallest absolute Gasteiger partial charge is 0.130 e. The standard InChI is InChI=1S/C14H18FO/c1-14(2,3)12(8-6-10-16)11-7-4-5-9-13(11)15/h4-5,7-9H,6,10H2,1-3H3. The molecular formula is C14H18FO. The molecule has 87 valence electrons. The molecule has 0 fully saturated rings. The van der Waals surface area contributed by atoms with Crippen molar-refractivity contribution in [2.75, 3.05) is 6.61 Å². The van der Waals surface area contributed by atoms with Crippen LogP contribution in [-0.4, -0.2) is 6.61 Å². The summed E-state index contributed by atoms with van der Waals surface area (Å²) in [5.41, 5.74) is 1.35. The van der Waals surface area contributed by atoms with Crippen LogP contribution in [0, 0.1) is 11.2 Å². The van der Waals surface area contributed by atoms with Crippen LogP contribution < -0.4 is 0 Å². The number of halogens is 1. The first-order valence-electron chi connectivity index (χ1n) is 5.50. The average Bonchev–Trinajstić information content (AvgIpc) is 2.19. The second-order valence-electron chi connectivity index (χ2n) is 4.84. The zero-order chi connectivity index (χ0) is 12.2. The Morgan fingerprint density at radius 2 is 1.94 bits per heavy atom. The Hall–Kier alpha value is -1.15. The van der Waals surface area contributed by atoms with Crippen LogP contribution in [0.4, 0.5) is 4.39 Å². The van der Waals surface area contributed by atoms with E-state index in [1.165, 1.54) is 6.07 Å². The molecule has 0 aromatic heterocycles. The van der Waals surface area contributed by atoms with Gasteiger partial charge in [0, 0.05) is 5.56 Å². The second-order valence-corrected chi connectivity index (χ2v) is 4.84. The molecule has 0 aliphatic carbocycles. The van der Waals surface area contributed by atoms with Gasteiger partial charge in [0.05, 0.1) is 6.61 Å². The summed E-state index contributed by atoms with van der Waals surface area (Å²) >= 11 is 0. The fourth-order valence-electron chi connectivity index (χ4n) is 1.70. The fourth-order valence-corrected chi connectivity index (χ4v) is 1.70. The highest BCUT2D eigenvalue weighted by Gasteiger charge is 2.20.